The van der Waals surface area contributed by atoms with Crippen molar-refractivity contribution in [2.45, 2.75) is 6.92 Å². The Morgan fingerprint density at radius 3 is 2.20 bits per heavy atom. The van der Waals surface area contributed by atoms with E-state index in [1.807, 2.05) is 6.92 Å². The highest BCUT2D eigenvalue weighted by Crippen LogP contribution is 2.34. The van der Waals surface area contributed by atoms with Crippen molar-refractivity contribution in [2.24, 2.45) is 0 Å². The molecule has 0 aromatic heterocycles. The van der Waals surface area contributed by atoms with E-state index in [0.29, 0.717) is 22.1 Å². The van der Waals surface area contributed by atoms with Crippen molar-refractivity contribution < 1.29 is 23.8 Å². The van der Waals surface area contributed by atoms with Gasteiger partial charge in [-0.3, -0.25) is 4.79 Å². The number of esters is 1. The second-order valence-corrected chi connectivity index (χ2v) is 5.57. The molecule has 2 rings (SSSR count). The zero-order valence-corrected chi connectivity index (χ0v) is 15.1. The molecule has 0 heterocycles. The van der Waals surface area contributed by atoms with Gasteiger partial charge in [-0.05, 0) is 24.6 Å². The van der Waals surface area contributed by atoms with E-state index in [-0.39, 0.29) is 11.3 Å². The second kappa shape index (κ2) is 7.90. The van der Waals surface area contributed by atoms with Crippen LogP contribution in [0.15, 0.2) is 30.3 Å². The van der Waals surface area contributed by atoms with E-state index in [2.05, 4.69) is 5.32 Å². The van der Waals surface area contributed by atoms with Crippen LogP contribution in [0.2, 0.25) is 5.02 Å². The number of hydrogen-bond acceptors (Lipinski definition) is 5. The van der Waals surface area contributed by atoms with E-state index in [1.54, 1.807) is 18.2 Å². The predicted molar refractivity (Wildman–Crippen MR) is 95.0 cm³/mol. The van der Waals surface area contributed by atoms with Crippen molar-refractivity contribution in [3.05, 3.63) is 52.0 Å². The zero-order valence-electron chi connectivity index (χ0n) is 14.3. The highest BCUT2D eigenvalue weighted by atomic mass is 35.5. The lowest BCUT2D eigenvalue weighted by molar-refractivity contribution is 0.0601. The summed E-state index contributed by atoms with van der Waals surface area (Å²) in [7, 11) is 4.16. The molecule has 0 radical (unpaired) electrons. The molecule has 132 valence electrons. The average Bonchev–Trinajstić information content (AvgIpc) is 2.62. The van der Waals surface area contributed by atoms with Gasteiger partial charge >= 0.3 is 5.97 Å². The summed E-state index contributed by atoms with van der Waals surface area (Å²) in [4.78, 5) is 24.5. The molecule has 6 nitrogen and oxygen atoms in total. The maximum atomic E-state index is 12.5. The SMILES string of the molecule is COC(=O)c1cc(OC)c(OC)cc1NC(=O)c1ccc(C)c(Cl)c1. The van der Waals surface area contributed by atoms with Crippen LogP contribution >= 0.6 is 11.6 Å². The molecule has 7 heteroatoms. The average molecular weight is 364 g/mol. The van der Waals surface area contributed by atoms with Crippen LogP contribution in [0.25, 0.3) is 0 Å². The van der Waals surface area contributed by atoms with Crippen LogP contribution < -0.4 is 14.8 Å². The molecule has 0 unspecified atom stereocenters. The first-order chi connectivity index (χ1) is 11.9. The lowest BCUT2D eigenvalue weighted by Crippen LogP contribution is -2.16. The quantitative estimate of drug-likeness (QED) is 0.820. The first-order valence-corrected chi connectivity index (χ1v) is 7.71. The van der Waals surface area contributed by atoms with Crippen LogP contribution in [-0.2, 0) is 4.74 Å². The van der Waals surface area contributed by atoms with E-state index in [0.717, 1.165) is 5.56 Å². The van der Waals surface area contributed by atoms with Crippen molar-refractivity contribution in [1.29, 1.82) is 0 Å². The summed E-state index contributed by atoms with van der Waals surface area (Å²) in [5.41, 5.74) is 1.61. The zero-order chi connectivity index (χ0) is 18.6. The summed E-state index contributed by atoms with van der Waals surface area (Å²) in [5.74, 6) is -0.316. The molecule has 1 amide bonds. The first-order valence-electron chi connectivity index (χ1n) is 7.33. The van der Waals surface area contributed by atoms with Gasteiger partial charge < -0.3 is 19.5 Å². The number of anilines is 1. The number of halogens is 1. The van der Waals surface area contributed by atoms with Crippen molar-refractivity contribution in [1.82, 2.24) is 0 Å². The Morgan fingerprint density at radius 1 is 1.00 bits per heavy atom. The van der Waals surface area contributed by atoms with Crippen LogP contribution in [0.5, 0.6) is 11.5 Å². The predicted octanol–water partition coefficient (Wildman–Crippen LogP) is 3.70. The fourth-order valence-corrected chi connectivity index (χ4v) is 2.37. The van der Waals surface area contributed by atoms with Gasteiger partial charge in [-0.25, -0.2) is 4.79 Å². The van der Waals surface area contributed by atoms with Crippen molar-refractivity contribution in [3.8, 4) is 11.5 Å². The number of nitrogens with one attached hydrogen (secondary N) is 1. The fourth-order valence-electron chi connectivity index (χ4n) is 2.19. The summed E-state index contributed by atoms with van der Waals surface area (Å²) in [5, 5.41) is 3.16. The molecule has 25 heavy (non-hydrogen) atoms. The number of hydrogen-bond donors (Lipinski definition) is 1. The summed E-state index contributed by atoms with van der Waals surface area (Å²) >= 11 is 6.06. The number of aryl methyl sites for hydroxylation is 1. The van der Waals surface area contributed by atoms with Gasteiger partial charge in [0.1, 0.15) is 0 Å². The molecule has 2 aromatic rings. The number of amides is 1. The van der Waals surface area contributed by atoms with Crippen LogP contribution in [-0.4, -0.2) is 33.2 Å². The van der Waals surface area contributed by atoms with E-state index in [1.165, 1.54) is 33.5 Å². The van der Waals surface area contributed by atoms with Crippen LogP contribution in [0.4, 0.5) is 5.69 Å². The molecule has 0 aliphatic carbocycles. The lowest BCUT2D eigenvalue weighted by atomic mass is 10.1. The molecule has 0 saturated heterocycles. The molecule has 0 aliphatic rings. The van der Waals surface area contributed by atoms with Crippen molar-refractivity contribution in [2.75, 3.05) is 26.6 Å². The Balaban J connectivity index is 2.44. The minimum Gasteiger partial charge on any atom is -0.493 e. The molecular formula is C18H18ClNO5. The van der Waals surface area contributed by atoms with E-state index in [4.69, 9.17) is 25.8 Å². The molecule has 1 N–H and O–H groups in total. The molecule has 0 spiro atoms. The molecular weight excluding hydrogens is 346 g/mol. The third kappa shape index (κ3) is 4.03. The van der Waals surface area contributed by atoms with Gasteiger partial charge in [0.25, 0.3) is 5.91 Å². The van der Waals surface area contributed by atoms with Gasteiger partial charge in [-0.2, -0.15) is 0 Å². The van der Waals surface area contributed by atoms with Gasteiger partial charge in [-0.15, -0.1) is 0 Å². The van der Waals surface area contributed by atoms with E-state index in [9.17, 15) is 9.59 Å². The fraction of sp³-hybridized carbons (Fsp3) is 0.222. The number of ether oxygens (including phenoxy) is 3. The minimum atomic E-state index is -0.613. The second-order valence-electron chi connectivity index (χ2n) is 5.16. The minimum absolute atomic E-state index is 0.145. The summed E-state index contributed by atoms with van der Waals surface area (Å²) in [6, 6.07) is 7.90. The number of carbonyl (C=O) groups is 2. The monoisotopic (exact) mass is 363 g/mol. The number of rotatable bonds is 5. The van der Waals surface area contributed by atoms with Gasteiger partial charge in [0.05, 0.1) is 32.6 Å². The number of methoxy groups -OCH3 is 3. The van der Waals surface area contributed by atoms with Gasteiger partial charge in [-0.1, -0.05) is 17.7 Å². The van der Waals surface area contributed by atoms with Gasteiger partial charge in [0, 0.05) is 22.7 Å². The van der Waals surface area contributed by atoms with Crippen molar-refractivity contribution in [3.63, 3.8) is 0 Å². The Labute approximate surface area is 150 Å². The van der Waals surface area contributed by atoms with E-state index < -0.39 is 11.9 Å². The Hall–Kier alpha value is -2.73. The highest BCUT2D eigenvalue weighted by molar-refractivity contribution is 6.31. The Bertz CT molecular complexity index is 819. The molecule has 0 fully saturated rings. The summed E-state index contributed by atoms with van der Waals surface area (Å²) in [6.07, 6.45) is 0. The topological polar surface area (TPSA) is 73.9 Å². The molecule has 0 bridgehead atoms. The van der Waals surface area contributed by atoms with E-state index >= 15 is 0 Å². The normalized spacial score (nSPS) is 10.1. The molecule has 0 aliphatic heterocycles. The van der Waals surface area contributed by atoms with Crippen LogP contribution in [0.1, 0.15) is 26.3 Å². The van der Waals surface area contributed by atoms with Gasteiger partial charge in [0.2, 0.25) is 0 Å². The largest absolute Gasteiger partial charge is 0.493 e. The summed E-state index contributed by atoms with van der Waals surface area (Å²) in [6.45, 7) is 1.84. The van der Waals surface area contributed by atoms with Crippen molar-refractivity contribution >= 4 is 29.2 Å². The Morgan fingerprint density at radius 2 is 1.64 bits per heavy atom. The maximum Gasteiger partial charge on any atom is 0.340 e. The van der Waals surface area contributed by atoms with Crippen LogP contribution in [0, 0.1) is 6.92 Å². The third-order valence-corrected chi connectivity index (χ3v) is 4.02. The molecule has 0 saturated carbocycles. The number of carbonyl (C=O) groups excluding carboxylic acids is 2. The van der Waals surface area contributed by atoms with Gasteiger partial charge in [0.15, 0.2) is 11.5 Å². The number of benzene rings is 2. The molecule has 2 aromatic carbocycles. The lowest BCUT2D eigenvalue weighted by Gasteiger charge is -2.15. The smallest absolute Gasteiger partial charge is 0.340 e. The van der Waals surface area contributed by atoms with Crippen LogP contribution in [0.3, 0.4) is 0 Å². The Kier molecular flexibility index (Phi) is 5.88. The summed E-state index contributed by atoms with van der Waals surface area (Å²) < 4.78 is 15.2. The molecule has 0 atom stereocenters. The first kappa shape index (κ1) is 18.6. The third-order valence-electron chi connectivity index (χ3n) is 3.61. The standard InChI is InChI=1S/C18H18ClNO5/c1-10-5-6-11(7-13(10)19)17(21)20-14-9-16(24-3)15(23-2)8-12(14)18(22)25-4/h5-9H,1-4H3,(H,20,21). The highest BCUT2D eigenvalue weighted by Gasteiger charge is 2.19. The maximum absolute atomic E-state index is 12.5.